The third kappa shape index (κ3) is 3.55. The van der Waals surface area contributed by atoms with Crippen LogP contribution in [0.5, 0.6) is 0 Å². The molecule has 0 aromatic carbocycles. The van der Waals surface area contributed by atoms with Gasteiger partial charge in [-0.1, -0.05) is 5.11 Å². The number of hydrogen-bond acceptors (Lipinski definition) is 9. The fourth-order valence-electron chi connectivity index (χ4n) is 2.26. The first-order chi connectivity index (χ1) is 10.5. The molecule has 0 bridgehead atoms. The van der Waals surface area contributed by atoms with Crippen molar-refractivity contribution in [1.82, 2.24) is 0 Å². The topological polar surface area (TPSA) is 138 Å². The number of ether oxygens (including phenoxy) is 3. The van der Waals surface area contributed by atoms with Crippen molar-refractivity contribution < 1.29 is 55.7 Å². The van der Waals surface area contributed by atoms with Gasteiger partial charge < -0.3 is 18.7 Å². The number of nitrogens with zero attached hydrogens (tertiary/aromatic N) is 3. The predicted octanol–water partition coefficient (Wildman–Crippen LogP) is 1.14. The van der Waals surface area contributed by atoms with E-state index in [1.165, 1.54) is 6.61 Å². The third-order valence-corrected chi connectivity index (χ3v) is 4.55. The fraction of sp³-hybridized carbons (Fsp3) is 0.778. The first-order valence-electron chi connectivity index (χ1n) is 6.24. The molecule has 0 spiro atoms. The number of hydrogen-bond donors (Lipinski definition) is 0. The van der Waals surface area contributed by atoms with Crippen LogP contribution in [0.25, 0.3) is 10.4 Å². The number of azide groups is 1. The molecule has 3 saturated heterocycles. The van der Waals surface area contributed by atoms with Crippen LogP contribution in [0.1, 0.15) is 6.42 Å². The summed E-state index contributed by atoms with van der Waals surface area (Å²) in [4.78, 5) is 13.9. The first-order valence-corrected chi connectivity index (χ1v) is 7.70. The number of fused-ring (bicyclic) bond motifs is 1. The van der Waals surface area contributed by atoms with E-state index >= 15 is 0 Å². The number of phosphoric acid groups is 1. The molecule has 11 nitrogen and oxygen atoms in total. The fourth-order valence-corrected chi connectivity index (χ4v) is 3.41. The van der Waals surface area contributed by atoms with Crippen molar-refractivity contribution in [2.45, 2.75) is 30.4 Å². The molecule has 1 unspecified atom stereocenters. The molecule has 23 heavy (non-hydrogen) atoms. The SMILES string of the molecule is [B][C@@H]1O[C@@](COP2(=O)O[CH-]CCO2)(N=[N+]=[N-])[C@H]2OC(=O)O[C@@H]12.[V]. The van der Waals surface area contributed by atoms with Crippen molar-refractivity contribution in [2.75, 3.05) is 13.2 Å². The molecular weight excluding hydrogens is 371 g/mol. The summed E-state index contributed by atoms with van der Waals surface area (Å²) in [5.41, 5.74) is 6.90. The quantitative estimate of drug-likeness (QED) is 0.134. The summed E-state index contributed by atoms with van der Waals surface area (Å²) in [6.07, 6.45) is -2.63. The molecule has 0 N–H and O–H groups in total. The summed E-state index contributed by atoms with van der Waals surface area (Å²) < 4.78 is 42.0. The molecule has 14 heteroatoms. The molecule has 3 aliphatic rings. The third-order valence-electron chi connectivity index (χ3n) is 3.19. The largest absolute Gasteiger partial charge is 0.509 e. The molecular formula is C9H10BN3O8PV-. The molecule has 3 radical (unpaired) electrons. The van der Waals surface area contributed by atoms with E-state index in [1.807, 2.05) is 0 Å². The van der Waals surface area contributed by atoms with Gasteiger partial charge >= 0.3 is 14.0 Å². The Morgan fingerprint density at radius 1 is 1.57 bits per heavy atom. The summed E-state index contributed by atoms with van der Waals surface area (Å²) in [5.74, 6) is 0. The number of phosphoric ester groups is 1. The standard InChI is InChI=1S/C9H10BN3O8P.V/c10-7-5-6(20-8(14)19-5)9(21-7,12-13-11)4-18-22(15)16-2-1-3-17-22;/h2,5-7H,1,3-4H2;/q-1;/t5-,6+,7-,9-,22?;/m1./s1. The van der Waals surface area contributed by atoms with Gasteiger partial charge in [-0.15, -0.1) is 6.42 Å². The van der Waals surface area contributed by atoms with Crippen LogP contribution < -0.4 is 0 Å². The summed E-state index contributed by atoms with van der Waals surface area (Å²) in [6.45, 7) is 0.872. The minimum Gasteiger partial charge on any atom is -0.464 e. The first kappa shape index (κ1) is 18.6. The van der Waals surface area contributed by atoms with Crippen molar-refractivity contribution in [3.8, 4) is 0 Å². The Bertz CT molecular complexity index is 567. The minimum absolute atomic E-state index is 0. The van der Waals surface area contributed by atoms with Crippen molar-refractivity contribution >= 4 is 21.8 Å². The molecule has 0 saturated carbocycles. The molecule has 0 aromatic heterocycles. The Balaban J connectivity index is 0.00000192. The van der Waals surface area contributed by atoms with E-state index in [-0.39, 0.29) is 25.2 Å². The van der Waals surface area contributed by atoms with Gasteiger partial charge in [-0.2, -0.15) is 6.61 Å². The van der Waals surface area contributed by atoms with Gasteiger partial charge in [-0.05, 0) is 5.53 Å². The second kappa shape index (κ2) is 7.04. The minimum atomic E-state index is -3.84. The molecule has 3 aliphatic heterocycles. The average Bonchev–Trinajstić information content (AvgIpc) is 2.98. The normalized spacial score (nSPS) is 41.9. The zero-order valence-corrected chi connectivity index (χ0v) is 13.8. The van der Waals surface area contributed by atoms with Gasteiger partial charge in [0.15, 0.2) is 12.2 Å². The molecule has 0 aromatic rings. The van der Waals surface area contributed by atoms with Gasteiger partial charge in [0.05, 0.1) is 12.6 Å². The van der Waals surface area contributed by atoms with Gasteiger partial charge in [-0.25, -0.2) is 9.36 Å². The van der Waals surface area contributed by atoms with Crippen LogP contribution in [-0.4, -0.2) is 51.2 Å². The van der Waals surface area contributed by atoms with Crippen LogP contribution in [0.3, 0.4) is 0 Å². The maximum atomic E-state index is 12.1. The van der Waals surface area contributed by atoms with Crippen LogP contribution in [0, 0.1) is 6.61 Å². The maximum absolute atomic E-state index is 12.1. The van der Waals surface area contributed by atoms with E-state index in [2.05, 4.69) is 10.0 Å². The van der Waals surface area contributed by atoms with E-state index in [0.29, 0.717) is 6.42 Å². The van der Waals surface area contributed by atoms with Gasteiger partial charge in [0.2, 0.25) is 5.72 Å². The molecule has 3 fully saturated rings. The van der Waals surface area contributed by atoms with Crippen LogP contribution in [0.15, 0.2) is 5.11 Å². The van der Waals surface area contributed by atoms with Crippen molar-refractivity contribution in [3.63, 3.8) is 0 Å². The molecule has 5 atom stereocenters. The van der Waals surface area contributed by atoms with Crippen LogP contribution in [0.2, 0.25) is 0 Å². The Morgan fingerprint density at radius 3 is 3.00 bits per heavy atom. The number of carbonyl (C=O) groups is 1. The zero-order valence-electron chi connectivity index (χ0n) is 11.5. The van der Waals surface area contributed by atoms with Gasteiger partial charge in [-0.3, -0.25) is 9.05 Å². The zero-order chi connectivity index (χ0) is 15.8. The summed E-state index contributed by atoms with van der Waals surface area (Å²) >= 11 is 0. The average molecular weight is 381 g/mol. The van der Waals surface area contributed by atoms with Crippen molar-refractivity contribution in [3.05, 3.63) is 17.0 Å². The number of carbonyl (C=O) groups excluding carboxylic acids is 1. The Morgan fingerprint density at radius 2 is 2.35 bits per heavy atom. The molecule has 123 valence electrons. The summed E-state index contributed by atoms with van der Waals surface area (Å²) in [5, 5.41) is 3.45. The summed E-state index contributed by atoms with van der Waals surface area (Å²) in [7, 11) is 1.83. The van der Waals surface area contributed by atoms with Crippen LogP contribution >= 0.6 is 7.82 Å². The summed E-state index contributed by atoms with van der Waals surface area (Å²) in [6, 6.07) is -1.09. The molecule has 0 amide bonds. The number of rotatable bonds is 4. The van der Waals surface area contributed by atoms with Crippen molar-refractivity contribution in [2.24, 2.45) is 5.11 Å². The Hall–Kier alpha value is -0.701. The molecule has 3 rings (SSSR count). The van der Waals surface area contributed by atoms with Gasteiger partial charge in [0, 0.05) is 30.1 Å². The van der Waals surface area contributed by atoms with E-state index in [4.69, 9.17) is 41.2 Å². The second-order valence-electron chi connectivity index (χ2n) is 4.60. The van der Waals surface area contributed by atoms with Gasteiger partial charge in [0.1, 0.15) is 7.85 Å². The van der Waals surface area contributed by atoms with Crippen molar-refractivity contribution in [1.29, 1.82) is 0 Å². The molecule has 0 aliphatic carbocycles. The maximum Gasteiger partial charge on any atom is 0.509 e. The Labute approximate surface area is 143 Å². The molecule has 3 heterocycles. The van der Waals surface area contributed by atoms with E-state index in [0.717, 1.165) is 0 Å². The van der Waals surface area contributed by atoms with Crippen LogP contribution in [0.4, 0.5) is 4.79 Å². The second-order valence-corrected chi connectivity index (χ2v) is 6.22. The smallest absolute Gasteiger partial charge is 0.464 e. The Kier molecular flexibility index (Phi) is 5.71. The van der Waals surface area contributed by atoms with E-state index in [9.17, 15) is 9.36 Å². The van der Waals surface area contributed by atoms with Crippen LogP contribution in [-0.2, 0) is 50.9 Å². The van der Waals surface area contributed by atoms with E-state index < -0.39 is 44.5 Å². The van der Waals surface area contributed by atoms with Gasteiger partial charge in [0.25, 0.3) is 0 Å². The predicted molar refractivity (Wildman–Crippen MR) is 67.2 cm³/mol. The monoisotopic (exact) mass is 381 g/mol. The van der Waals surface area contributed by atoms with E-state index in [1.54, 1.807) is 0 Å².